The second-order valence-electron chi connectivity index (χ2n) is 8.76. The summed E-state index contributed by atoms with van der Waals surface area (Å²) in [6.07, 6.45) is 3.39. The molecule has 0 radical (unpaired) electrons. The van der Waals surface area contributed by atoms with E-state index in [1.807, 2.05) is 36.4 Å². The van der Waals surface area contributed by atoms with Gasteiger partial charge in [0, 0.05) is 57.5 Å². The van der Waals surface area contributed by atoms with Crippen LogP contribution >= 0.6 is 11.6 Å². The number of fused-ring (bicyclic) bond motifs is 1. The van der Waals surface area contributed by atoms with Crippen LogP contribution in [0.2, 0.25) is 5.02 Å². The molecule has 1 amide bonds. The maximum atomic E-state index is 12.6. The van der Waals surface area contributed by atoms with Gasteiger partial charge in [0.25, 0.3) is 11.5 Å². The molecule has 1 aromatic carbocycles. The number of hydrogen-bond acceptors (Lipinski definition) is 9. The minimum atomic E-state index is -0.325. The van der Waals surface area contributed by atoms with Gasteiger partial charge in [0.2, 0.25) is 5.95 Å². The van der Waals surface area contributed by atoms with Gasteiger partial charge >= 0.3 is 0 Å². The van der Waals surface area contributed by atoms with E-state index < -0.39 is 0 Å². The first kappa shape index (κ1) is 25.3. The van der Waals surface area contributed by atoms with Crippen LogP contribution in [0.15, 0.2) is 59.7 Å². The van der Waals surface area contributed by atoms with Crippen molar-refractivity contribution in [2.45, 2.75) is 0 Å². The van der Waals surface area contributed by atoms with E-state index >= 15 is 0 Å². The van der Waals surface area contributed by atoms with Gasteiger partial charge in [-0.15, -0.1) is 0 Å². The third-order valence-electron chi connectivity index (χ3n) is 6.36. The molecule has 1 aliphatic rings. The summed E-state index contributed by atoms with van der Waals surface area (Å²) in [5, 5.41) is 6.87. The number of halogens is 1. The van der Waals surface area contributed by atoms with E-state index in [1.54, 1.807) is 25.5 Å². The minimum absolute atomic E-state index is 0.0907. The van der Waals surface area contributed by atoms with Crippen LogP contribution < -0.4 is 30.7 Å². The van der Waals surface area contributed by atoms with Crippen LogP contribution in [0.25, 0.3) is 10.9 Å². The highest BCUT2D eigenvalue weighted by Gasteiger charge is 2.21. The van der Waals surface area contributed by atoms with Gasteiger partial charge in [-0.25, -0.2) is 9.97 Å². The Morgan fingerprint density at radius 2 is 1.87 bits per heavy atom. The van der Waals surface area contributed by atoms with Crippen molar-refractivity contribution in [3.8, 4) is 5.75 Å². The van der Waals surface area contributed by atoms with Gasteiger partial charge in [0.1, 0.15) is 10.8 Å². The summed E-state index contributed by atoms with van der Waals surface area (Å²) in [5.74, 6) is 1.79. The molecule has 2 N–H and O–H groups in total. The average molecular weight is 535 g/mol. The van der Waals surface area contributed by atoms with Crippen LogP contribution in [0.3, 0.4) is 0 Å². The van der Waals surface area contributed by atoms with E-state index in [2.05, 4.69) is 35.4 Å². The lowest BCUT2D eigenvalue weighted by molar-refractivity contribution is -0.122. The van der Waals surface area contributed by atoms with Crippen molar-refractivity contribution >= 4 is 51.7 Å². The summed E-state index contributed by atoms with van der Waals surface area (Å²) >= 11 is 6.44. The lowest BCUT2D eigenvalue weighted by Gasteiger charge is -2.35. The number of amides is 1. The number of aromatic nitrogens is 4. The quantitative estimate of drug-likeness (QED) is 0.369. The topological polar surface area (TPSA) is 118 Å². The van der Waals surface area contributed by atoms with Crippen LogP contribution in [-0.4, -0.2) is 65.3 Å². The van der Waals surface area contributed by atoms with E-state index in [0.29, 0.717) is 22.3 Å². The number of ether oxygens (including phenoxy) is 1. The Morgan fingerprint density at radius 3 is 2.61 bits per heavy atom. The number of hydrogen-bond donors (Lipinski definition) is 2. The van der Waals surface area contributed by atoms with Crippen molar-refractivity contribution in [2.75, 3.05) is 55.0 Å². The second kappa shape index (κ2) is 10.9. The summed E-state index contributed by atoms with van der Waals surface area (Å²) < 4.78 is 6.94. The third kappa shape index (κ3) is 5.32. The van der Waals surface area contributed by atoms with Gasteiger partial charge < -0.3 is 29.7 Å². The molecule has 1 fully saturated rings. The Hall–Kier alpha value is -4.38. The number of likely N-dealkylation sites (N-methyl/N-ethyl adjacent to an activating group) is 1. The Morgan fingerprint density at radius 1 is 1.08 bits per heavy atom. The smallest absolute Gasteiger partial charge is 0.293 e. The Bertz CT molecular complexity index is 1520. The van der Waals surface area contributed by atoms with Gasteiger partial charge in [-0.2, -0.15) is 4.98 Å². The molecule has 0 bridgehead atoms. The number of piperazine rings is 1. The zero-order valence-corrected chi connectivity index (χ0v) is 21.8. The number of carbonyl (C=O) groups excluding carboxylic acids is 1. The first-order valence-electron chi connectivity index (χ1n) is 12.1. The van der Waals surface area contributed by atoms with Crippen LogP contribution in [0.4, 0.5) is 23.3 Å². The molecule has 0 unspecified atom stereocenters. The molecule has 1 aliphatic heterocycles. The molecule has 0 spiro atoms. The predicted molar refractivity (Wildman–Crippen MR) is 148 cm³/mol. The van der Waals surface area contributed by atoms with Crippen LogP contribution in [0, 0.1) is 0 Å². The average Bonchev–Trinajstić information content (AvgIpc) is 2.95. The van der Waals surface area contributed by atoms with Crippen molar-refractivity contribution in [3.05, 3.63) is 70.2 Å². The number of rotatable bonds is 7. The Kier molecular flexibility index (Phi) is 7.27. The summed E-state index contributed by atoms with van der Waals surface area (Å²) in [4.78, 5) is 42.1. The van der Waals surface area contributed by atoms with Crippen LogP contribution in [0.1, 0.15) is 0 Å². The molecule has 0 atom stereocenters. The molecule has 38 heavy (non-hydrogen) atoms. The number of carbonyl (C=O) groups is 1. The van der Waals surface area contributed by atoms with Crippen LogP contribution in [-0.2, 0) is 11.8 Å². The van der Waals surface area contributed by atoms with Crippen LogP contribution in [0.5, 0.6) is 5.75 Å². The molecule has 4 heterocycles. The zero-order chi connectivity index (χ0) is 26.6. The molecule has 196 valence electrons. The highest BCUT2D eigenvalue weighted by Crippen LogP contribution is 2.28. The van der Waals surface area contributed by atoms with E-state index in [4.69, 9.17) is 16.3 Å². The van der Waals surface area contributed by atoms with Gasteiger partial charge in [-0.3, -0.25) is 9.59 Å². The molecule has 5 rings (SSSR count). The number of pyridine rings is 2. The van der Waals surface area contributed by atoms with Crippen molar-refractivity contribution in [1.82, 2.24) is 24.8 Å². The first-order valence-corrected chi connectivity index (χ1v) is 12.5. The fraction of sp³-hybridized carbons (Fsp3) is 0.269. The molecule has 3 aromatic heterocycles. The van der Waals surface area contributed by atoms with Crippen molar-refractivity contribution in [1.29, 1.82) is 0 Å². The first-order chi connectivity index (χ1) is 18.4. The predicted octanol–water partition coefficient (Wildman–Crippen LogP) is 2.57. The number of anilines is 4. The van der Waals surface area contributed by atoms with E-state index in [1.165, 1.54) is 11.6 Å². The third-order valence-corrected chi connectivity index (χ3v) is 6.64. The van der Waals surface area contributed by atoms with Gasteiger partial charge in [-0.1, -0.05) is 17.7 Å². The summed E-state index contributed by atoms with van der Waals surface area (Å²) in [7, 11) is 3.17. The number of nitrogens with one attached hydrogen (secondary N) is 2. The Labute approximate surface area is 224 Å². The fourth-order valence-electron chi connectivity index (χ4n) is 4.26. The standard InChI is InChI=1S/C26H27ClN8O3/c1-28-23(36)16-38-21-14-17-13-18(6-7-20(17)33(2)25(21)37)31-24-19(27)15-30-26(32-24)35-11-9-34(10-12-35)22-5-3-4-8-29-22/h3-8,13-15H,9-12,16H2,1-2H3,(H,28,36)(H,30,31,32). The lowest BCUT2D eigenvalue weighted by atomic mass is 10.2. The van der Waals surface area contributed by atoms with Gasteiger partial charge in [0.15, 0.2) is 18.2 Å². The molecule has 0 saturated carbocycles. The zero-order valence-electron chi connectivity index (χ0n) is 21.0. The van der Waals surface area contributed by atoms with Crippen molar-refractivity contribution < 1.29 is 9.53 Å². The number of nitrogens with zero attached hydrogens (tertiary/aromatic N) is 6. The monoisotopic (exact) mass is 534 g/mol. The van der Waals surface area contributed by atoms with E-state index in [-0.39, 0.29) is 23.8 Å². The number of aryl methyl sites for hydroxylation is 1. The maximum Gasteiger partial charge on any atom is 0.293 e. The summed E-state index contributed by atoms with van der Waals surface area (Å²) in [6.45, 7) is 2.87. The SMILES string of the molecule is CNC(=O)COc1cc2cc(Nc3nc(N4CCN(c5ccccn5)CC4)ncc3Cl)ccc2n(C)c1=O. The lowest BCUT2D eigenvalue weighted by Crippen LogP contribution is -2.47. The number of benzene rings is 1. The molecule has 4 aromatic rings. The largest absolute Gasteiger partial charge is 0.478 e. The van der Waals surface area contributed by atoms with E-state index in [9.17, 15) is 9.59 Å². The Balaban J connectivity index is 1.34. The highest BCUT2D eigenvalue weighted by molar-refractivity contribution is 6.32. The molecule has 11 nitrogen and oxygen atoms in total. The fourth-order valence-corrected chi connectivity index (χ4v) is 4.40. The van der Waals surface area contributed by atoms with Crippen molar-refractivity contribution in [2.24, 2.45) is 7.05 Å². The maximum absolute atomic E-state index is 12.6. The minimum Gasteiger partial charge on any atom is -0.478 e. The van der Waals surface area contributed by atoms with E-state index in [0.717, 1.165) is 43.1 Å². The molecule has 0 aliphatic carbocycles. The second-order valence-corrected chi connectivity index (χ2v) is 9.17. The van der Waals surface area contributed by atoms with Gasteiger partial charge in [0.05, 0.1) is 11.7 Å². The van der Waals surface area contributed by atoms with Crippen molar-refractivity contribution in [3.63, 3.8) is 0 Å². The summed E-state index contributed by atoms with van der Waals surface area (Å²) in [6, 6.07) is 13.1. The molecule has 12 heteroatoms. The highest BCUT2D eigenvalue weighted by atomic mass is 35.5. The normalized spacial score (nSPS) is 13.4. The van der Waals surface area contributed by atoms with Gasteiger partial charge in [-0.05, 0) is 36.4 Å². The molecular weight excluding hydrogens is 508 g/mol. The summed E-state index contributed by atoms with van der Waals surface area (Å²) in [5.41, 5.74) is 1.11. The molecule has 1 saturated heterocycles. The molecular formula is C26H27ClN8O3.